The van der Waals surface area contributed by atoms with E-state index in [0.29, 0.717) is 23.8 Å². The molecule has 0 bridgehead atoms. The predicted molar refractivity (Wildman–Crippen MR) is 73.3 cm³/mol. The third kappa shape index (κ3) is 1.87. The summed E-state index contributed by atoms with van der Waals surface area (Å²) in [6.07, 6.45) is 8.45. The van der Waals surface area contributed by atoms with Gasteiger partial charge in [0.25, 0.3) is 0 Å². The number of nitrogens with one attached hydrogen (secondary N) is 1. The van der Waals surface area contributed by atoms with Crippen LogP contribution in [0.25, 0.3) is 0 Å². The van der Waals surface area contributed by atoms with E-state index >= 15 is 0 Å². The summed E-state index contributed by atoms with van der Waals surface area (Å²) in [5.74, 6) is 3.17. The normalized spacial score (nSPS) is 18.5. The maximum Gasteiger partial charge on any atom is 0.175 e. The lowest BCUT2D eigenvalue weighted by Crippen LogP contribution is -2.12. The third-order valence-corrected chi connectivity index (χ3v) is 4.92. The Morgan fingerprint density at radius 1 is 1.47 bits per heavy atom. The second kappa shape index (κ2) is 3.91. The molecule has 0 unspecified atom stereocenters. The number of hydrogen-bond donors (Lipinski definition) is 1. The lowest BCUT2D eigenvalue weighted by atomic mass is 9.98. The fourth-order valence-electron chi connectivity index (χ4n) is 2.64. The lowest BCUT2D eigenvalue weighted by Gasteiger charge is -2.13. The molecule has 1 aliphatic carbocycles. The maximum absolute atomic E-state index is 11.9. The molecule has 0 radical (unpaired) electrons. The van der Waals surface area contributed by atoms with Crippen molar-refractivity contribution in [3.8, 4) is 18.1 Å². The minimum atomic E-state index is -3.24. The molecule has 3 rings (SSSR count). The van der Waals surface area contributed by atoms with Gasteiger partial charge in [-0.15, -0.1) is 6.42 Å². The summed E-state index contributed by atoms with van der Waals surface area (Å²) in [4.78, 5) is 0.392. The topological polar surface area (TPSA) is 55.4 Å². The van der Waals surface area contributed by atoms with Crippen LogP contribution >= 0.6 is 0 Å². The first-order valence-corrected chi connectivity index (χ1v) is 8.05. The van der Waals surface area contributed by atoms with Crippen molar-refractivity contribution in [2.75, 3.05) is 24.7 Å². The predicted octanol–water partition coefficient (Wildman–Crippen LogP) is 1.56. The molecule has 1 aromatic rings. The van der Waals surface area contributed by atoms with E-state index in [1.165, 1.54) is 6.26 Å². The van der Waals surface area contributed by atoms with Crippen LogP contribution in [-0.4, -0.2) is 27.8 Å². The lowest BCUT2D eigenvalue weighted by molar-refractivity contribution is 0.324. The standard InChI is InChI=1S/C14H15NO3S/c1-3-8-15-10-4-5-11(19(2,16)17)12-13(10)18-9-14(12)6-7-14/h1,4-5,15H,6-9H2,2H3. The second-order valence-corrected chi connectivity index (χ2v) is 7.20. The Balaban J connectivity index is 2.17. The van der Waals surface area contributed by atoms with Crippen molar-refractivity contribution in [2.24, 2.45) is 0 Å². The zero-order chi connectivity index (χ0) is 13.7. The minimum Gasteiger partial charge on any atom is -0.490 e. The molecule has 0 saturated heterocycles. The van der Waals surface area contributed by atoms with Gasteiger partial charge in [-0.05, 0) is 25.0 Å². The quantitative estimate of drug-likeness (QED) is 0.852. The molecule has 19 heavy (non-hydrogen) atoms. The van der Waals surface area contributed by atoms with Gasteiger partial charge in [0.2, 0.25) is 0 Å². The Morgan fingerprint density at radius 3 is 2.79 bits per heavy atom. The summed E-state index contributed by atoms with van der Waals surface area (Å²) >= 11 is 0. The van der Waals surface area contributed by atoms with Crippen LogP contribution in [0.4, 0.5) is 5.69 Å². The van der Waals surface area contributed by atoms with Gasteiger partial charge < -0.3 is 10.1 Å². The molecule has 100 valence electrons. The highest BCUT2D eigenvalue weighted by molar-refractivity contribution is 7.90. The highest BCUT2D eigenvalue weighted by atomic mass is 32.2. The first-order chi connectivity index (χ1) is 8.98. The van der Waals surface area contributed by atoms with Gasteiger partial charge in [-0.1, -0.05) is 5.92 Å². The Hall–Kier alpha value is -1.67. The van der Waals surface area contributed by atoms with E-state index in [1.54, 1.807) is 12.1 Å². The molecule has 1 aliphatic heterocycles. The molecule has 1 aromatic carbocycles. The number of hydrogen-bond acceptors (Lipinski definition) is 4. The van der Waals surface area contributed by atoms with E-state index < -0.39 is 9.84 Å². The number of terminal acetylenes is 1. The summed E-state index contributed by atoms with van der Waals surface area (Å²) in [6.45, 7) is 0.959. The zero-order valence-electron chi connectivity index (χ0n) is 10.7. The van der Waals surface area contributed by atoms with Gasteiger partial charge in [0.1, 0.15) is 5.75 Å². The number of rotatable bonds is 3. The van der Waals surface area contributed by atoms with Crippen molar-refractivity contribution in [3.05, 3.63) is 17.7 Å². The molecule has 2 aliphatic rings. The van der Waals surface area contributed by atoms with Crippen LogP contribution in [0.2, 0.25) is 0 Å². The number of sulfone groups is 1. The maximum atomic E-state index is 11.9. The molecule has 1 heterocycles. The van der Waals surface area contributed by atoms with Gasteiger partial charge in [0.15, 0.2) is 9.84 Å². The van der Waals surface area contributed by atoms with Crippen molar-refractivity contribution in [2.45, 2.75) is 23.2 Å². The summed E-state index contributed by atoms with van der Waals surface area (Å²) in [5.41, 5.74) is 1.54. The van der Waals surface area contributed by atoms with Gasteiger partial charge >= 0.3 is 0 Å². The van der Waals surface area contributed by atoms with Gasteiger partial charge in [0.05, 0.1) is 23.7 Å². The number of fused-ring (bicyclic) bond motifs is 2. The molecule has 1 spiro atoms. The zero-order valence-corrected chi connectivity index (χ0v) is 11.5. The summed E-state index contributed by atoms with van der Waals surface area (Å²) in [5, 5.41) is 3.08. The summed E-state index contributed by atoms with van der Waals surface area (Å²) in [6, 6.07) is 3.38. The third-order valence-electron chi connectivity index (χ3n) is 3.78. The summed E-state index contributed by atoms with van der Waals surface area (Å²) in [7, 11) is -3.24. The van der Waals surface area contributed by atoms with Gasteiger partial charge in [-0.2, -0.15) is 0 Å². The highest BCUT2D eigenvalue weighted by Gasteiger charge is 2.53. The van der Waals surface area contributed by atoms with Crippen molar-refractivity contribution < 1.29 is 13.2 Å². The van der Waals surface area contributed by atoms with Crippen molar-refractivity contribution in [3.63, 3.8) is 0 Å². The van der Waals surface area contributed by atoms with Crippen molar-refractivity contribution in [1.29, 1.82) is 0 Å². The Labute approximate surface area is 113 Å². The smallest absolute Gasteiger partial charge is 0.175 e. The number of ether oxygens (including phenoxy) is 1. The molecular formula is C14H15NO3S. The first kappa shape index (κ1) is 12.4. The van der Waals surface area contributed by atoms with Crippen LogP contribution in [0.5, 0.6) is 5.75 Å². The molecule has 1 saturated carbocycles. The SMILES string of the molecule is C#CCNc1ccc(S(C)(=O)=O)c2c1OCC21CC1. The van der Waals surface area contributed by atoms with E-state index in [-0.39, 0.29) is 5.41 Å². The molecule has 0 atom stereocenters. The Morgan fingerprint density at radius 2 is 2.21 bits per heavy atom. The van der Waals surface area contributed by atoms with Crippen molar-refractivity contribution >= 4 is 15.5 Å². The van der Waals surface area contributed by atoms with E-state index in [4.69, 9.17) is 11.2 Å². The average molecular weight is 277 g/mol. The van der Waals surface area contributed by atoms with Crippen LogP contribution in [0.15, 0.2) is 17.0 Å². The largest absolute Gasteiger partial charge is 0.490 e. The van der Waals surface area contributed by atoms with Crippen LogP contribution in [-0.2, 0) is 15.3 Å². The van der Waals surface area contributed by atoms with Crippen LogP contribution in [0.3, 0.4) is 0 Å². The van der Waals surface area contributed by atoms with Crippen LogP contribution in [0.1, 0.15) is 18.4 Å². The van der Waals surface area contributed by atoms with E-state index in [1.807, 2.05) is 0 Å². The molecular weight excluding hydrogens is 262 g/mol. The van der Waals surface area contributed by atoms with Crippen LogP contribution < -0.4 is 10.1 Å². The van der Waals surface area contributed by atoms with E-state index in [9.17, 15) is 8.42 Å². The molecule has 5 heteroatoms. The second-order valence-electron chi connectivity index (χ2n) is 5.21. The van der Waals surface area contributed by atoms with E-state index in [0.717, 1.165) is 24.1 Å². The molecule has 4 nitrogen and oxygen atoms in total. The molecule has 0 amide bonds. The van der Waals surface area contributed by atoms with Crippen LogP contribution in [0, 0.1) is 12.3 Å². The van der Waals surface area contributed by atoms with Gasteiger partial charge in [0, 0.05) is 17.2 Å². The first-order valence-electron chi connectivity index (χ1n) is 6.16. The minimum absolute atomic E-state index is 0.0818. The number of benzene rings is 1. The monoisotopic (exact) mass is 277 g/mol. The Kier molecular flexibility index (Phi) is 2.55. The van der Waals surface area contributed by atoms with E-state index in [2.05, 4.69) is 11.2 Å². The summed E-state index contributed by atoms with van der Waals surface area (Å²) < 4.78 is 29.6. The molecule has 0 aromatic heterocycles. The van der Waals surface area contributed by atoms with Crippen molar-refractivity contribution in [1.82, 2.24) is 0 Å². The molecule has 1 N–H and O–H groups in total. The highest BCUT2D eigenvalue weighted by Crippen LogP contribution is 2.59. The average Bonchev–Trinajstić information content (AvgIpc) is 3.02. The fourth-order valence-corrected chi connectivity index (χ4v) is 3.63. The van der Waals surface area contributed by atoms with Gasteiger partial charge in [-0.25, -0.2) is 8.42 Å². The molecule has 1 fully saturated rings. The fraction of sp³-hybridized carbons (Fsp3) is 0.429. The number of anilines is 1. The van der Waals surface area contributed by atoms with Gasteiger partial charge in [-0.3, -0.25) is 0 Å². The Bertz CT molecular complexity index is 681.